The van der Waals surface area contributed by atoms with Crippen molar-refractivity contribution in [2.45, 2.75) is 69.5 Å². The molecule has 0 aromatic heterocycles. The van der Waals surface area contributed by atoms with E-state index in [1.165, 1.54) is 31.7 Å². The zero-order chi connectivity index (χ0) is 28.4. The largest absolute Gasteiger partial charge is 0.481 e. The average Bonchev–Trinajstić information content (AvgIpc) is 3.66. The summed E-state index contributed by atoms with van der Waals surface area (Å²) in [5.41, 5.74) is 0.588. The Morgan fingerprint density at radius 1 is 0.950 bits per heavy atom. The first kappa shape index (κ1) is 29.2. The molecule has 0 radical (unpaired) electrons. The highest BCUT2D eigenvalue weighted by atomic mass is 19.4. The van der Waals surface area contributed by atoms with Gasteiger partial charge in [-0.05, 0) is 62.8 Å². The summed E-state index contributed by atoms with van der Waals surface area (Å²) in [7, 11) is 1.62. The highest BCUT2D eigenvalue weighted by Gasteiger charge is 2.43. The third-order valence-electron chi connectivity index (χ3n) is 9.72. The van der Waals surface area contributed by atoms with Crippen LogP contribution in [-0.2, 0) is 20.5 Å². The number of alkyl halides is 3. The van der Waals surface area contributed by atoms with Crippen molar-refractivity contribution in [1.82, 2.24) is 9.80 Å². The highest BCUT2D eigenvalue weighted by molar-refractivity contribution is 5.80. The number of carbonyl (C=O) groups is 2. The van der Waals surface area contributed by atoms with E-state index in [4.69, 9.17) is 4.74 Å². The maximum absolute atomic E-state index is 13.8. The molecule has 1 N–H and O–H groups in total. The lowest BCUT2D eigenvalue weighted by molar-refractivity contribution is -0.142. The number of aliphatic carboxylic acids is 1. The number of likely N-dealkylation sites (tertiary alicyclic amines) is 2. The first-order chi connectivity index (χ1) is 19.2. The number of nitrogens with zero attached hydrogens (tertiary/aromatic N) is 3. The summed E-state index contributed by atoms with van der Waals surface area (Å²) in [6, 6.07) is 4.54. The fourth-order valence-electron chi connectivity index (χ4n) is 7.53. The Hall–Kier alpha value is -2.33. The second-order valence-electron chi connectivity index (χ2n) is 12.2. The molecule has 4 atom stereocenters. The summed E-state index contributed by atoms with van der Waals surface area (Å²) < 4.78 is 46.9. The van der Waals surface area contributed by atoms with Crippen LogP contribution in [0.5, 0.6) is 0 Å². The molecule has 3 saturated heterocycles. The van der Waals surface area contributed by atoms with Crippen molar-refractivity contribution in [2.24, 2.45) is 17.8 Å². The van der Waals surface area contributed by atoms with Crippen LogP contribution < -0.4 is 4.90 Å². The van der Waals surface area contributed by atoms with Crippen molar-refractivity contribution in [3.05, 3.63) is 29.3 Å². The molecule has 3 heterocycles. The number of rotatable bonds is 7. The molecule has 3 aliphatic heterocycles. The molecule has 0 bridgehead atoms. The minimum absolute atomic E-state index is 0.0319. The topological polar surface area (TPSA) is 73.3 Å². The van der Waals surface area contributed by atoms with E-state index < -0.39 is 23.6 Å². The second kappa shape index (κ2) is 12.3. The van der Waals surface area contributed by atoms with Crippen molar-refractivity contribution in [1.29, 1.82) is 0 Å². The standard InChI is InChI=1S/C30H42F3N3O4/c1-40-19-22-17-36(28(37)21-11-14-35(16-21)24-6-2-3-7-24)18-26(22)25-9-8-23(30(31,32)33)15-27(25)34-12-4-5-20(10-13-34)29(38)39/h8-9,15,20-22,24,26H,2-7,10-14,16-19H2,1H3,(H,38,39)/t20?,21-,22+,26?/m0/s1. The molecule has 1 amide bonds. The summed E-state index contributed by atoms with van der Waals surface area (Å²) in [4.78, 5) is 31.6. The van der Waals surface area contributed by atoms with Crippen LogP contribution in [0.1, 0.15) is 68.4 Å². The van der Waals surface area contributed by atoms with Gasteiger partial charge in [0.05, 0.1) is 24.0 Å². The number of anilines is 1. The van der Waals surface area contributed by atoms with E-state index in [0.717, 1.165) is 31.1 Å². The molecule has 1 aromatic rings. The number of benzene rings is 1. The van der Waals surface area contributed by atoms with E-state index in [-0.39, 0.29) is 23.7 Å². The Balaban J connectivity index is 1.38. The Kier molecular flexibility index (Phi) is 8.95. The summed E-state index contributed by atoms with van der Waals surface area (Å²) >= 11 is 0. The van der Waals surface area contributed by atoms with Crippen molar-refractivity contribution in [3.63, 3.8) is 0 Å². The van der Waals surface area contributed by atoms with Crippen LogP contribution in [0.2, 0.25) is 0 Å². The van der Waals surface area contributed by atoms with Gasteiger partial charge in [-0.1, -0.05) is 18.9 Å². The van der Waals surface area contributed by atoms with E-state index in [1.807, 2.05) is 9.80 Å². The first-order valence-electron chi connectivity index (χ1n) is 14.9. The minimum atomic E-state index is -4.49. The second-order valence-corrected chi connectivity index (χ2v) is 12.2. The average molecular weight is 566 g/mol. The van der Waals surface area contributed by atoms with Crippen LogP contribution in [0.4, 0.5) is 18.9 Å². The number of hydrogen-bond acceptors (Lipinski definition) is 5. The summed E-state index contributed by atoms with van der Waals surface area (Å²) in [6.07, 6.45) is 2.81. The van der Waals surface area contributed by atoms with Gasteiger partial charge in [0.25, 0.3) is 0 Å². The predicted molar refractivity (Wildman–Crippen MR) is 145 cm³/mol. The Bertz CT molecular complexity index is 1060. The van der Waals surface area contributed by atoms with Crippen LogP contribution in [0.3, 0.4) is 0 Å². The number of ether oxygens (including phenoxy) is 1. The lowest BCUT2D eigenvalue weighted by Gasteiger charge is -2.30. The lowest BCUT2D eigenvalue weighted by atomic mass is 9.87. The molecule has 4 aliphatic rings. The van der Waals surface area contributed by atoms with Crippen LogP contribution in [-0.4, -0.2) is 85.8 Å². The van der Waals surface area contributed by atoms with Gasteiger partial charge in [0.15, 0.2) is 0 Å². The molecule has 1 aliphatic carbocycles. The maximum Gasteiger partial charge on any atom is 0.416 e. The molecule has 4 fully saturated rings. The van der Waals surface area contributed by atoms with E-state index in [1.54, 1.807) is 13.2 Å². The van der Waals surface area contributed by atoms with Gasteiger partial charge in [-0.3, -0.25) is 14.5 Å². The number of carboxylic acid groups (broad SMARTS) is 1. The van der Waals surface area contributed by atoms with Crippen LogP contribution >= 0.6 is 0 Å². The SMILES string of the molecule is COC[C@H]1CN(C(=O)[C@H]2CCN(C3CCCC3)C2)CC1c1ccc(C(F)(F)F)cc1N1CCCC(C(=O)O)CC1. The molecule has 222 valence electrons. The zero-order valence-corrected chi connectivity index (χ0v) is 23.4. The number of halogens is 3. The van der Waals surface area contributed by atoms with Gasteiger partial charge in [0, 0.05) is 63.4 Å². The zero-order valence-electron chi connectivity index (χ0n) is 23.4. The third kappa shape index (κ3) is 6.27. The Morgan fingerprint density at radius 3 is 2.40 bits per heavy atom. The molecule has 40 heavy (non-hydrogen) atoms. The molecule has 1 saturated carbocycles. The van der Waals surface area contributed by atoms with Gasteiger partial charge >= 0.3 is 12.1 Å². The van der Waals surface area contributed by atoms with Gasteiger partial charge < -0.3 is 19.6 Å². The van der Waals surface area contributed by atoms with Crippen molar-refractivity contribution >= 4 is 17.6 Å². The van der Waals surface area contributed by atoms with Crippen LogP contribution in [0, 0.1) is 17.8 Å². The minimum Gasteiger partial charge on any atom is -0.481 e. The maximum atomic E-state index is 13.8. The number of amides is 1. The summed E-state index contributed by atoms with van der Waals surface area (Å²) in [5.74, 6) is -1.42. The third-order valence-corrected chi connectivity index (χ3v) is 9.72. The number of methoxy groups -OCH3 is 1. The van der Waals surface area contributed by atoms with E-state index in [9.17, 15) is 27.9 Å². The van der Waals surface area contributed by atoms with E-state index >= 15 is 0 Å². The van der Waals surface area contributed by atoms with E-state index in [2.05, 4.69) is 4.90 Å². The molecular formula is C30H42F3N3O4. The van der Waals surface area contributed by atoms with E-state index in [0.29, 0.717) is 63.8 Å². The van der Waals surface area contributed by atoms with Crippen molar-refractivity contribution in [2.75, 3.05) is 57.9 Å². The van der Waals surface area contributed by atoms with Gasteiger partial charge in [-0.2, -0.15) is 13.2 Å². The summed E-state index contributed by atoms with van der Waals surface area (Å²) in [5, 5.41) is 9.52. The monoisotopic (exact) mass is 565 g/mol. The molecule has 0 spiro atoms. The molecule has 1 aromatic carbocycles. The number of hydrogen-bond donors (Lipinski definition) is 1. The highest BCUT2D eigenvalue weighted by Crippen LogP contribution is 2.42. The van der Waals surface area contributed by atoms with Crippen molar-refractivity contribution in [3.8, 4) is 0 Å². The quantitative estimate of drug-likeness (QED) is 0.510. The fraction of sp³-hybridized carbons (Fsp3) is 0.733. The van der Waals surface area contributed by atoms with Crippen LogP contribution in [0.25, 0.3) is 0 Å². The predicted octanol–water partition coefficient (Wildman–Crippen LogP) is 4.85. The molecular weight excluding hydrogens is 523 g/mol. The van der Waals surface area contributed by atoms with Gasteiger partial charge in [0.2, 0.25) is 5.91 Å². The number of carboxylic acids is 1. The summed E-state index contributed by atoms with van der Waals surface area (Å²) in [6.45, 7) is 4.03. The Morgan fingerprint density at radius 2 is 1.70 bits per heavy atom. The Labute approximate surface area is 234 Å². The van der Waals surface area contributed by atoms with Crippen molar-refractivity contribution < 1.29 is 32.6 Å². The number of carbonyl (C=O) groups excluding carboxylic acids is 1. The van der Waals surface area contributed by atoms with Gasteiger partial charge in [-0.15, -0.1) is 0 Å². The molecule has 10 heteroatoms. The molecule has 5 rings (SSSR count). The smallest absolute Gasteiger partial charge is 0.416 e. The van der Waals surface area contributed by atoms with Crippen LogP contribution in [0.15, 0.2) is 18.2 Å². The van der Waals surface area contributed by atoms with Gasteiger partial charge in [-0.25, -0.2) is 0 Å². The molecule has 7 nitrogen and oxygen atoms in total. The van der Waals surface area contributed by atoms with Gasteiger partial charge in [0.1, 0.15) is 0 Å². The lowest BCUT2D eigenvalue weighted by Crippen LogP contribution is -2.38. The first-order valence-corrected chi connectivity index (χ1v) is 14.9. The molecule has 2 unspecified atom stereocenters. The fourth-order valence-corrected chi connectivity index (χ4v) is 7.53. The normalized spacial score (nSPS) is 28.8.